The van der Waals surface area contributed by atoms with Crippen molar-refractivity contribution in [1.82, 2.24) is 4.98 Å². The lowest BCUT2D eigenvalue weighted by molar-refractivity contribution is 0.102. The number of nitrogens with one attached hydrogen (secondary N) is 2. The maximum absolute atomic E-state index is 13.2. The van der Waals surface area contributed by atoms with Crippen molar-refractivity contribution in [3.05, 3.63) is 51.9 Å². The molecule has 0 atom stereocenters. The molecule has 0 unspecified atom stereocenters. The van der Waals surface area contributed by atoms with Crippen LogP contribution in [0.15, 0.2) is 30.5 Å². The molecule has 1 aromatic carbocycles. The minimum Gasteiger partial charge on any atom is -0.370 e. The van der Waals surface area contributed by atoms with Crippen molar-refractivity contribution in [3.8, 4) is 0 Å². The van der Waals surface area contributed by atoms with E-state index in [-0.39, 0.29) is 21.3 Å². The molecule has 0 fully saturated rings. The van der Waals surface area contributed by atoms with Gasteiger partial charge in [-0.25, -0.2) is 9.37 Å². The van der Waals surface area contributed by atoms with Crippen molar-refractivity contribution >= 4 is 40.6 Å². The Bertz CT molecular complexity index is 659. The van der Waals surface area contributed by atoms with Gasteiger partial charge in [-0.05, 0) is 31.2 Å². The molecule has 0 aliphatic rings. The largest absolute Gasteiger partial charge is 0.370 e. The maximum atomic E-state index is 13.2. The Labute approximate surface area is 131 Å². The SMILES string of the molecule is CCNc1cc(C(=O)Nc2cc(F)cc(Cl)c2)c(Cl)cn1. The van der Waals surface area contributed by atoms with E-state index in [9.17, 15) is 9.18 Å². The van der Waals surface area contributed by atoms with Gasteiger partial charge in [0.05, 0.1) is 10.6 Å². The van der Waals surface area contributed by atoms with Crippen LogP contribution in [0.5, 0.6) is 0 Å². The second kappa shape index (κ2) is 6.74. The number of anilines is 2. The van der Waals surface area contributed by atoms with Crippen LogP contribution in [0.2, 0.25) is 10.0 Å². The Morgan fingerprint density at radius 3 is 2.71 bits per heavy atom. The van der Waals surface area contributed by atoms with Gasteiger partial charge >= 0.3 is 0 Å². The number of aromatic nitrogens is 1. The van der Waals surface area contributed by atoms with Crippen LogP contribution < -0.4 is 10.6 Å². The van der Waals surface area contributed by atoms with Crippen molar-refractivity contribution in [2.24, 2.45) is 0 Å². The van der Waals surface area contributed by atoms with Crippen molar-refractivity contribution in [2.45, 2.75) is 6.92 Å². The number of pyridine rings is 1. The summed E-state index contributed by atoms with van der Waals surface area (Å²) in [5.74, 6) is -0.473. The number of hydrogen-bond donors (Lipinski definition) is 2. The van der Waals surface area contributed by atoms with Crippen molar-refractivity contribution in [2.75, 3.05) is 17.2 Å². The lowest BCUT2D eigenvalue weighted by Gasteiger charge is -2.09. The topological polar surface area (TPSA) is 54.0 Å². The van der Waals surface area contributed by atoms with Gasteiger partial charge in [0, 0.05) is 23.5 Å². The Balaban J connectivity index is 2.25. The summed E-state index contributed by atoms with van der Waals surface area (Å²) in [7, 11) is 0. The molecule has 2 rings (SSSR count). The van der Waals surface area contributed by atoms with E-state index < -0.39 is 11.7 Å². The molecule has 110 valence electrons. The molecule has 1 amide bonds. The molecule has 0 aliphatic heterocycles. The molecule has 0 radical (unpaired) electrons. The number of benzene rings is 1. The zero-order chi connectivity index (χ0) is 15.4. The monoisotopic (exact) mass is 327 g/mol. The van der Waals surface area contributed by atoms with E-state index in [4.69, 9.17) is 23.2 Å². The third-order valence-electron chi connectivity index (χ3n) is 2.58. The molecule has 0 saturated carbocycles. The van der Waals surface area contributed by atoms with Gasteiger partial charge in [0.2, 0.25) is 0 Å². The van der Waals surface area contributed by atoms with Crippen molar-refractivity contribution in [1.29, 1.82) is 0 Å². The van der Waals surface area contributed by atoms with Gasteiger partial charge in [0.1, 0.15) is 11.6 Å². The second-order valence-electron chi connectivity index (χ2n) is 4.19. The predicted molar refractivity (Wildman–Crippen MR) is 82.8 cm³/mol. The lowest BCUT2D eigenvalue weighted by atomic mass is 10.2. The molecule has 21 heavy (non-hydrogen) atoms. The first-order valence-electron chi connectivity index (χ1n) is 6.16. The fourth-order valence-electron chi connectivity index (χ4n) is 1.71. The van der Waals surface area contributed by atoms with Gasteiger partial charge in [-0.2, -0.15) is 0 Å². The van der Waals surface area contributed by atoms with Gasteiger partial charge in [-0.3, -0.25) is 4.79 Å². The van der Waals surface area contributed by atoms with E-state index in [0.29, 0.717) is 12.4 Å². The summed E-state index contributed by atoms with van der Waals surface area (Å²) in [6, 6.07) is 5.30. The molecule has 0 spiro atoms. The number of hydrogen-bond acceptors (Lipinski definition) is 3. The first-order valence-corrected chi connectivity index (χ1v) is 6.92. The van der Waals surface area contributed by atoms with Crippen LogP contribution in [0.1, 0.15) is 17.3 Å². The summed E-state index contributed by atoms with van der Waals surface area (Å²) in [6.07, 6.45) is 1.38. The maximum Gasteiger partial charge on any atom is 0.257 e. The summed E-state index contributed by atoms with van der Waals surface area (Å²) < 4.78 is 13.2. The number of nitrogens with zero attached hydrogens (tertiary/aromatic N) is 1. The van der Waals surface area contributed by atoms with E-state index >= 15 is 0 Å². The molecule has 4 nitrogen and oxygen atoms in total. The molecule has 1 aromatic heterocycles. The van der Waals surface area contributed by atoms with Crippen LogP contribution in [0.3, 0.4) is 0 Å². The van der Waals surface area contributed by atoms with Gasteiger partial charge in [-0.15, -0.1) is 0 Å². The highest BCUT2D eigenvalue weighted by Gasteiger charge is 2.13. The lowest BCUT2D eigenvalue weighted by Crippen LogP contribution is -2.13. The fraction of sp³-hybridized carbons (Fsp3) is 0.143. The van der Waals surface area contributed by atoms with Crippen LogP contribution in [0, 0.1) is 5.82 Å². The Hall–Kier alpha value is -1.85. The summed E-state index contributed by atoms with van der Waals surface area (Å²) in [5, 5.41) is 5.93. The van der Waals surface area contributed by atoms with Gasteiger partial charge < -0.3 is 10.6 Å². The molecule has 1 heterocycles. The zero-order valence-corrected chi connectivity index (χ0v) is 12.6. The van der Waals surface area contributed by atoms with Crippen LogP contribution in [-0.4, -0.2) is 17.4 Å². The number of carbonyl (C=O) groups excluding carboxylic acids is 1. The van der Waals surface area contributed by atoms with Crippen LogP contribution >= 0.6 is 23.2 Å². The third-order valence-corrected chi connectivity index (χ3v) is 3.10. The first kappa shape index (κ1) is 15.5. The Morgan fingerprint density at radius 1 is 1.29 bits per heavy atom. The minimum absolute atomic E-state index is 0.194. The van der Waals surface area contributed by atoms with Crippen molar-refractivity contribution < 1.29 is 9.18 Å². The molecule has 2 N–H and O–H groups in total. The van der Waals surface area contributed by atoms with E-state index in [0.717, 1.165) is 6.07 Å². The van der Waals surface area contributed by atoms with Gasteiger partial charge in [0.25, 0.3) is 5.91 Å². The number of rotatable bonds is 4. The Morgan fingerprint density at radius 2 is 2.05 bits per heavy atom. The number of carbonyl (C=O) groups is 1. The summed E-state index contributed by atoms with van der Waals surface area (Å²) in [6.45, 7) is 2.57. The molecule has 0 aliphatic carbocycles. The van der Waals surface area contributed by atoms with Gasteiger partial charge in [0.15, 0.2) is 0 Å². The molecule has 2 aromatic rings. The quantitative estimate of drug-likeness (QED) is 0.884. The normalized spacial score (nSPS) is 10.3. The third kappa shape index (κ3) is 4.06. The number of amides is 1. The average molecular weight is 328 g/mol. The summed E-state index contributed by atoms with van der Waals surface area (Å²) in [4.78, 5) is 16.2. The van der Waals surface area contributed by atoms with E-state index in [2.05, 4.69) is 15.6 Å². The molecule has 7 heteroatoms. The molecular weight excluding hydrogens is 316 g/mol. The first-order chi connectivity index (χ1) is 9.99. The van der Waals surface area contributed by atoms with E-state index in [1.54, 1.807) is 0 Å². The van der Waals surface area contributed by atoms with Crippen LogP contribution in [-0.2, 0) is 0 Å². The van der Waals surface area contributed by atoms with E-state index in [1.807, 2.05) is 6.92 Å². The van der Waals surface area contributed by atoms with Gasteiger partial charge in [-0.1, -0.05) is 23.2 Å². The van der Waals surface area contributed by atoms with E-state index in [1.165, 1.54) is 24.4 Å². The molecular formula is C14H12Cl2FN3O. The minimum atomic E-state index is -0.535. The zero-order valence-electron chi connectivity index (χ0n) is 11.1. The average Bonchev–Trinajstić information content (AvgIpc) is 2.40. The number of halogens is 3. The summed E-state index contributed by atoms with van der Waals surface area (Å²) >= 11 is 11.7. The predicted octanol–water partition coefficient (Wildman–Crippen LogP) is 4.21. The second-order valence-corrected chi connectivity index (χ2v) is 5.04. The molecule has 0 bridgehead atoms. The molecule has 0 saturated heterocycles. The van der Waals surface area contributed by atoms with Crippen molar-refractivity contribution in [3.63, 3.8) is 0 Å². The smallest absolute Gasteiger partial charge is 0.257 e. The summed E-state index contributed by atoms with van der Waals surface area (Å²) in [5.41, 5.74) is 0.492. The fourth-order valence-corrected chi connectivity index (χ4v) is 2.13. The standard InChI is InChI=1S/C14H12Cl2FN3O/c1-2-18-13-6-11(12(16)7-19-13)14(21)20-10-4-8(15)3-9(17)5-10/h3-7H,2H2,1H3,(H,18,19)(H,20,21). The highest BCUT2D eigenvalue weighted by atomic mass is 35.5. The van der Waals surface area contributed by atoms with Crippen LogP contribution in [0.4, 0.5) is 15.9 Å². The highest BCUT2D eigenvalue weighted by Crippen LogP contribution is 2.22. The van der Waals surface area contributed by atoms with Crippen LogP contribution in [0.25, 0.3) is 0 Å². The Kier molecular flexibility index (Phi) is 4.98. The highest BCUT2D eigenvalue weighted by molar-refractivity contribution is 6.34.